The van der Waals surface area contributed by atoms with Crippen molar-refractivity contribution in [3.63, 3.8) is 0 Å². The molecule has 0 bridgehead atoms. The van der Waals surface area contributed by atoms with Crippen LogP contribution in [0.5, 0.6) is 0 Å². The maximum absolute atomic E-state index is 4.28. The van der Waals surface area contributed by atoms with Crippen molar-refractivity contribution in [2.75, 3.05) is 13.1 Å². The highest BCUT2D eigenvalue weighted by Gasteiger charge is 2.16. The molecule has 1 aliphatic rings. The van der Waals surface area contributed by atoms with Gasteiger partial charge in [-0.25, -0.2) is 9.97 Å². The van der Waals surface area contributed by atoms with Crippen molar-refractivity contribution in [2.24, 2.45) is 0 Å². The molecule has 1 aliphatic heterocycles. The minimum Gasteiger partial charge on any atom is -0.339 e. The maximum atomic E-state index is 4.28. The predicted octanol–water partition coefficient (Wildman–Crippen LogP) is 2.58. The van der Waals surface area contributed by atoms with Crippen molar-refractivity contribution >= 4 is 21.9 Å². The number of aromatic amines is 1. The van der Waals surface area contributed by atoms with Gasteiger partial charge < -0.3 is 10.3 Å². The van der Waals surface area contributed by atoms with Gasteiger partial charge in [-0.2, -0.15) is 0 Å². The van der Waals surface area contributed by atoms with Crippen LogP contribution in [0.4, 0.5) is 0 Å². The zero-order chi connectivity index (χ0) is 12.7. The molecule has 2 N–H and O–H groups in total. The Morgan fingerprint density at radius 1 is 1.11 bits per heavy atom. The van der Waals surface area contributed by atoms with E-state index < -0.39 is 0 Å². The molecule has 0 amide bonds. The molecule has 1 aromatic carbocycles. The first kappa shape index (κ1) is 10.9. The highest BCUT2D eigenvalue weighted by Crippen LogP contribution is 2.30. The number of nitrogens with one attached hydrogen (secondary N) is 2. The summed E-state index contributed by atoms with van der Waals surface area (Å²) in [4.78, 5) is 11.8. The first-order valence-electron chi connectivity index (χ1n) is 6.84. The number of hydrogen-bond acceptors (Lipinski definition) is 3. The average Bonchev–Trinajstić information content (AvgIpc) is 2.86. The summed E-state index contributed by atoms with van der Waals surface area (Å²) in [6.07, 6.45) is 5.94. The van der Waals surface area contributed by atoms with E-state index in [1.807, 2.05) is 6.20 Å². The van der Waals surface area contributed by atoms with Gasteiger partial charge in [0.1, 0.15) is 12.0 Å². The van der Waals surface area contributed by atoms with E-state index in [9.17, 15) is 0 Å². The Bertz CT molecular complexity index is 725. The van der Waals surface area contributed by atoms with E-state index in [4.69, 9.17) is 0 Å². The summed E-state index contributed by atoms with van der Waals surface area (Å²) < 4.78 is 0. The van der Waals surface area contributed by atoms with Crippen LogP contribution in [0.15, 0.2) is 30.7 Å². The molecule has 0 aliphatic carbocycles. The Hall–Kier alpha value is -1.94. The fraction of sp³-hybridized carbons (Fsp3) is 0.333. The molecule has 1 saturated heterocycles. The number of piperidine rings is 1. The molecule has 3 aromatic rings. The second kappa shape index (κ2) is 4.31. The molecule has 0 radical (unpaired) electrons. The summed E-state index contributed by atoms with van der Waals surface area (Å²) in [7, 11) is 0. The van der Waals surface area contributed by atoms with Crippen LogP contribution in [-0.4, -0.2) is 28.0 Å². The highest BCUT2D eigenvalue weighted by atomic mass is 14.9. The maximum Gasteiger partial charge on any atom is 0.141 e. The molecule has 2 aromatic heterocycles. The predicted molar refractivity (Wildman–Crippen MR) is 76.2 cm³/mol. The molecule has 3 heterocycles. The number of benzene rings is 1. The molecular weight excluding hydrogens is 236 g/mol. The molecule has 4 heteroatoms. The van der Waals surface area contributed by atoms with Crippen LogP contribution >= 0.6 is 0 Å². The normalized spacial score (nSPS) is 17.3. The van der Waals surface area contributed by atoms with Crippen molar-refractivity contribution in [1.82, 2.24) is 20.3 Å². The summed E-state index contributed by atoms with van der Waals surface area (Å²) in [6, 6.07) is 6.74. The molecule has 4 rings (SSSR count). The van der Waals surface area contributed by atoms with E-state index in [1.54, 1.807) is 6.33 Å². The molecule has 0 spiro atoms. The number of H-pyrrole nitrogens is 1. The Labute approximate surface area is 111 Å². The quantitative estimate of drug-likeness (QED) is 0.700. The number of rotatable bonds is 1. The summed E-state index contributed by atoms with van der Waals surface area (Å²) in [5.74, 6) is 0.681. The molecule has 19 heavy (non-hydrogen) atoms. The highest BCUT2D eigenvalue weighted by molar-refractivity contribution is 6.05. The minimum atomic E-state index is 0.681. The van der Waals surface area contributed by atoms with E-state index in [0.717, 1.165) is 29.6 Å². The van der Waals surface area contributed by atoms with Gasteiger partial charge in [0.05, 0.1) is 0 Å². The van der Waals surface area contributed by atoms with Gasteiger partial charge >= 0.3 is 0 Å². The zero-order valence-electron chi connectivity index (χ0n) is 10.7. The number of fused-ring (bicyclic) bond motifs is 3. The van der Waals surface area contributed by atoms with Gasteiger partial charge in [0.25, 0.3) is 0 Å². The van der Waals surface area contributed by atoms with Crippen molar-refractivity contribution in [2.45, 2.75) is 18.8 Å². The fourth-order valence-electron chi connectivity index (χ4n) is 3.06. The number of aromatic nitrogens is 3. The third-order valence-electron chi connectivity index (χ3n) is 4.11. The molecule has 0 saturated carbocycles. The van der Waals surface area contributed by atoms with Crippen molar-refractivity contribution < 1.29 is 0 Å². The number of nitrogens with zero attached hydrogens (tertiary/aromatic N) is 2. The largest absolute Gasteiger partial charge is 0.339 e. The van der Waals surface area contributed by atoms with Gasteiger partial charge in [-0.1, -0.05) is 6.07 Å². The zero-order valence-corrected chi connectivity index (χ0v) is 10.7. The lowest BCUT2D eigenvalue weighted by molar-refractivity contribution is 0.460. The SMILES string of the molecule is c1ncc2c(n1)[nH]c1ccc(C3CCNCC3)cc12. The van der Waals surface area contributed by atoms with E-state index in [0.29, 0.717) is 5.92 Å². The van der Waals surface area contributed by atoms with Crippen molar-refractivity contribution in [3.8, 4) is 0 Å². The van der Waals surface area contributed by atoms with Gasteiger partial charge in [0.2, 0.25) is 0 Å². The van der Waals surface area contributed by atoms with Crippen LogP contribution in [0.2, 0.25) is 0 Å². The smallest absolute Gasteiger partial charge is 0.141 e. The van der Waals surface area contributed by atoms with Crippen LogP contribution in [-0.2, 0) is 0 Å². The topological polar surface area (TPSA) is 53.6 Å². The molecule has 1 fully saturated rings. The van der Waals surface area contributed by atoms with Gasteiger partial charge in [0.15, 0.2) is 0 Å². The Morgan fingerprint density at radius 2 is 2.00 bits per heavy atom. The van der Waals surface area contributed by atoms with Crippen LogP contribution in [0.25, 0.3) is 21.9 Å². The molecular formula is C15H16N4. The second-order valence-electron chi connectivity index (χ2n) is 5.24. The third kappa shape index (κ3) is 1.79. The lowest BCUT2D eigenvalue weighted by Gasteiger charge is -2.23. The first-order chi connectivity index (χ1) is 9.42. The minimum absolute atomic E-state index is 0.681. The van der Waals surface area contributed by atoms with Gasteiger partial charge in [-0.05, 0) is 49.5 Å². The van der Waals surface area contributed by atoms with E-state index in [-0.39, 0.29) is 0 Å². The Morgan fingerprint density at radius 3 is 2.89 bits per heavy atom. The summed E-state index contributed by atoms with van der Waals surface area (Å²) >= 11 is 0. The lowest BCUT2D eigenvalue weighted by atomic mass is 9.89. The first-order valence-corrected chi connectivity index (χ1v) is 6.84. The Balaban J connectivity index is 1.87. The van der Waals surface area contributed by atoms with Crippen LogP contribution in [0.3, 0.4) is 0 Å². The molecule has 0 atom stereocenters. The van der Waals surface area contributed by atoms with Crippen LogP contribution in [0, 0.1) is 0 Å². The summed E-state index contributed by atoms with van der Waals surface area (Å²) in [5, 5.41) is 5.78. The summed E-state index contributed by atoms with van der Waals surface area (Å²) in [6.45, 7) is 2.25. The average molecular weight is 252 g/mol. The fourth-order valence-corrected chi connectivity index (χ4v) is 3.06. The van der Waals surface area contributed by atoms with E-state index in [2.05, 4.69) is 38.5 Å². The van der Waals surface area contributed by atoms with Gasteiger partial charge in [0, 0.05) is 22.5 Å². The lowest BCUT2D eigenvalue weighted by Crippen LogP contribution is -2.26. The van der Waals surface area contributed by atoms with E-state index in [1.165, 1.54) is 23.8 Å². The number of hydrogen-bond donors (Lipinski definition) is 2. The molecule has 4 nitrogen and oxygen atoms in total. The van der Waals surface area contributed by atoms with Gasteiger partial charge in [-0.15, -0.1) is 0 Å². The second-order valence-corrected chi connectivity index (χ2v) is 5.24. The van der Waals surface area contributed by atoms with Crippen LogP contribution in [0.1, 0.15) is 24.3 Å². The molecule has 96 valence electrons. The molecule has 0 unspecified atom stereocenters. The monoisotopic (exact) mass is 252 g/mol. The van der Waals surface area contributed by atoms with Crippen LogP contribution < -0.4 is 5.32 Å². The van der Waals surface area contributed by atoms with Gasteiger partial charge in [-0.3, -0.25) is 0 Å². The summed E-state index contributed by atoms with van der Waals surface area (Å²) in [5.41, 5.74) is 3.51. The third-order valence-corrected chi connectivity index (χ3v) is 4.11. The standard InChI is InChI=1S/C15H16N4/c1-2-14-12(13-8-17-9-18-15(13)19-14)7-11(1)10-3-5-16-6-4-10/h1-2,7-10,16H,3-6H2,(H,17,18,19). The van der Waals surface area contributed by atoms with Crippen molar-refractivity contribution in [1.29, 1.82) is 0 Å². The van der Waals surface area contributed by atoms with E-state index >= 15 is 0 Å². The Kier molecular flexibility index (Phi) is 2.48. The van der Waals surface area contributed by atoms with Crippen molar-refractivity contribution in [3.05, 3.63) is 36.3 Å².